The van der Waals surface area contributed by atoms with Gasteiger partial charge in [-0.15, -0.1) is 0 Å². The molecule has 1 aromatic heterocycles. The highest BCUT2D eigenvalue weighted by Crippen LogP contribution is 2.26. The van der Waals surface area contributed by atoms with Crippen molar-refractivity contribution < 1.29 is 19.0 Å². The van der Waals surface area contributed by atoms with Gasteiger partial charge in [-0.2, -0.15) is 0 Å². The van der Waals surface area contributed by atoms with Gasteiger partial charge in [-0.05, 0) is 31.0 Å². The van der Waals surface area contributed by atoms with E-state index in [1.165, 1.54) is 9.47 Å². The number of benzene rings is 2. The normalized spacial score (nSPS) is 10.7. The maximum Gasteiger partial charge on any atom is 0.330 e. The third-order valence-corrected chi connectivity index (χ3v) is 5.20. The van der Waals surface area contributed by atoms with Crippen LogP contribution in [0.25, 0.3) is 0 Å². The highest BCUT2D eigenvalue weighted by Gasteiger charge is 2.25. The van der Waals surface area contributed by atoms with Crippen molar-refractivity contribution in [2.75, 3.05) is 44.1 Å². The molecule has 0 saturated carbocycles. The van der Waals surface area contributed by atoms with Gasteiger partial charge in [0, 0.05) is 20.3 Å². The number of anilines is 2. The molecule has 3 N–H and O–H groups in total. The Hall–Kier alpha value is -4.05. The fraction of sp³-hybridized carbons (Fsp3) is 0.320. The predicted octanol–water partition coefficient (Wildman–Crippen LogP) is 2.01. The van der Waals surface area contributed by atoms with E-state index in [1.54, 1.807) is 31.4 Å². The van der Waals surface area contributed by atoms with Crippen LogP contribution in [0.5, 0.6) is 11.5 Å². The van der Waals surface area contributed by atoms with Crippen molar-refractivity contribution >= 4 is 17.4 Å². The van der Waals surface area contributed by atoms with E-state index in [1.807, 2.05) is 37.3 Å². The van der Waals surface area contributed by atoms with E-state index in [0.29, 0.717) is 31.1 Å². The zero-order chi connectivity index (χ0) is 25.2. The van der Waals surface area contributed by atoms with E-state index in [2.05, 4.69) is 4.98 Å². The summed E-state index contributed by atoms with van der Waals surface area (Å²) in [6.07, 6.45) is 0.439. The number of hydrogen-bond acceptors (Lipinski definition) is 7. The molecule has 2 aromatic carbocycles. The number of nitrogens with two attached hydrogens (primary N) is 1. The summed E-state index contributed by atoms with van der Waals surface area (Å²) < 4.78 is 17.6. The number of nitrogens with one attached hydrogen (secondary N) is 1. The summed E-state index contributed by atoms with van der Waals surface area (Å²) >= 11 is 0. The number of amides is 1. The van der Waals surface area contributed by atoms with Crippen LogP contribution in [0.3, 0.4) is 0 Å². The molecule has 0 aliphatic carbocycles. The molecule has 186 valence electrons. The van der Waals surface area contributed by atoms with Gasteiger partial charge in [0.25, 0.3) is 11.5 Å². The topological polar surface area (TPSA) is 129 Å². The minimum Gasteiger partial charge on any atom is -0.490 e. The molecule has 3 rings (SSSR count). The van der Waals surface area contributed by atoms with Gasteiger partial charge >= 0.3 is 5.69 Å². The number of carbonyl (C=O) groups is 1. The molecule has 0 atom stereocenters. The number of rotatable bonds is 12. The van der Waals surface area contributed by atoms with E-state index in [4.69, 9.17) is 19.9 Å². The standard InChI is InChI=1S/C25H30N4O6/c1-3-34-19-12-7-8-13-20(19)35-17-21(30)28(14-9-15-33-2)22-23(26)29(25(32)27-24(22)31)16-18-10-5-4-6-11-18/h4-8,10-13H,3,9,14-17,26H2,1-2H3,(H,27,31,32). The number of aromatic amines is 1. The number of ether oxygens (including phenoxy) is 3. The van der Waals surface area contributed by atoms with Gasteiger partial charge in [-0.1, -0.05) is 42.5 Å². The first-order chi connectivity index (χ1) is 17.0. The molecule has 0 unspecified atom stereocenters. The number of para-hydroxylation sites is 2. The molecular formula is C25H30N4O6. The third-order valence-electron chi connectivity index (χ3n) is 5.20. The Kier molecular flexibility index (Phi) is 9.08. The quantitative estimate of drug-likeness (QED) is 0.378. The average Bonchev–Trinajstić information content (AvgIpc) is 2.85. The van der Waals surface area contributed by atoms with E-state index in [9.17, 15) is 14.4 Å². The Labute approximate surface area is 202 Å². The van der Waals surface area contributed by atoms with Crippen molar-refractivity contribution in [2.24, 2.45) is 0 Å². The summed E-state index contributed by atoms with van der Waals surface area (Å²) in [5.74, 6) is 0.288. The number of methoxy groups -OCH3 is 1. The highest BCUT2D eigenvalue weighted by molar-refractivity contribution is 5.96. The summed E-state index contributed by atoms with van der Waals surface area (Å²) in [6, 6.07) is 16.2. The molecule has 1 amide bonds. The second-order valence-corrected chi connectivity index (χ2v) is 7.63. The summed E-state index contributed by atoms with van der Waals surface area (Å²) in [5, 5.41) is 0. The first-order valence-corrected chi connectivity index (χ1v) is 11.3. The largest absolute Gasteiger partial charge is 0.490 e. The molecule has 0 saturated heterocycles. The zero-order valence-corrected chi connectivity index (χ0v) is 19.9. The maximum absolute atomic E-state index is 13.3. The van der Waals surface area contributed by atoms with Crippen LogP contribution in [0.1, 0.15) is 18.9 Å². The van der Waals surface area contributed by atoms with Gasteiger partial charge in [0.05, 0.1) is 13.2 Å². The molecule has 0 spiro atoms. The van der Waals surface area contributed by atoms with Gasteiger partial charge in [0.2, 0.25) is 0 Å². The van der Waals surface area contributed by atoms with Gasteiger partial charge in [0.1, 0.15) is 5.82 Å². The van der Waals surface area contributed by atoms with Crippen LogP contribution in [0.2, 0.25) is 0 Å². The van der Waals surface area contributed by atoms with E-state index < -0.39 is 17.2 Å². The Bertz CT molecular complexity index is 1240. The first kappa shape index (κ1) is 25.6. The molecule has 10 heteroatoms. The molecule has 0 aliphatic heterocycles. The predicted molar refractivity (Wildman–Crippen MR) is 133 cm³/mol. The average molecular weight is 483 g/mol. The smallest absolute Gasteiger partial charge is 0.330 e. The number of carbonyl (C=O) groups excluding carboxylic acids is 1. The van der Waals surface area contributed by atoms with E-state index in [-0.39, 0.29) is 31.2 Å². The monoisotopic (exact) mass is 482 g/mol. The Morgan fingerprint density at radius 2 is 1.69 bits per heavy atom. The summed E-state index contributed by atoms with van der Waals surface area (Å²) in [6.45, 7) is 2.55. The molecule has 0 bridgehead atoms. The number of nitrogens with zero attached hydrogens (tertiary/aromatic N) is 2. The van der Waals surface area contributed by atoms with Crippen LogP contribution in [-0.4, -0.2) is 48.9 Å². The molecule has 0 aliphatic rings. The lowest BCUT2D eigenvalue weighted by Crippen LogP contribution is -2.43. The van der Waals surface area contributed by atoms with Crippen molar-refractivity contribution in [3.8, 4) is 11.5 Å². The van der Waals surface area contributed by atoms with Crippen LogP contribution in [-0.2, 0) is 16.1 Å². The van der Waals surface area contributed by atoms with Crippen molar-refractivity contribution in [3.05, 3.63) is 81.0 Å². The van der Waals surface area contributed by atoms with Crippen LogP contribution in [0.15, 0.2) is 64.2 Å². The molecule has 0 fully saturated rings. The van der Waals surface area contributed by atoms with Crippen molar-refractivity contribution in [1.29, 1.82) is 0 Å². The van der Waals surface area contributed by atoms with Gasteiger partial charge < -0.3 is 24.8 Å². The summed E-state index contributed by atoms with van der Waals surface area (Å²) in [5.41, 5.74) is 5.59. The second-order valence-electron chi connectivity index (χ2n) is 7.63. The van der Waals surface area contributed by atoms with E-state index in [0.717, 1.165) is 5.56 Å². The Balaban J connectivity index is 1.93. The first-order valence-electron chi connectivity index (χ1n) is 11.3. The minimum absolute atomic E-state index is 0.108. The zero-order valence-electron chi connectivity index (χ0n) is 19.9. The van der Waals surface area contributed by atoms with Crippen LogP contribution < -0.4 is 31.4 Å². The lowest BCUT2D eigenvalue weighted by molar-refractivity contribution is -0.120. The van der Waals surface area contributed by atoms with Crippen molar-refractivity contribution in [2.45, 2.75) is 19.9 Å². The molecule has 3 aromatic rings. The highest BCUT2D eigenvalue weighted by atomic mass is 16.5. The Morgan fingerprint density at radius 3 is 2.34 bits per heavy atom. The Morgan fingerprint density at radius 1 is 1.03 bits per heavy atom. The van der Waals surface area contributed by atoms with Crippen molar-refractivity contribution in [1.82, 2.24) is 9.55 Å². The lowest BCUT2D eigenvalue weighted by Gasteiger charge is -2.25. The van der Waals surface area contributed by atoms with Crippen molar-refractivity contribution in [3.63, 3.8) is 0 Å². The van der Waals surface area contributed by atoms with E-state index >= 15 is 0 Å². The minimum atomic E-state index is -0.753. The van der Waals surface area contributed by atoms with Gasteiger partial charge in [-0.25, -0.2) is 4.79 Å². The van der Waals surface area contributed by atoms with Crippen LogP contribution >= 0.6 is 0 Å². The number of H-pyrrole nitrogens is 1. The SMILES string of the molecule is CCOc1ccccc1OCC(=O)N(CCCOC)c1c(N)n(Cc2ccccc2)c(=O)[nH]c1=O. The summed E-state index contributed by atoms with van der Waals surface area (Å²) in [7, 11) is 1.54. The molecule has 0 radical (unpaired) electrons. The van der Waals surface area contributed by atoms with Gasteiger partial charge in [-0.3, -0.25) is 19.1 Å². The summed E-state index contributed by atoms with van der Waals surface area (Å²) in [4.78, 5) is 42.1. The molecule has 1 heterocycles. The number of nitrogen functional groups attached to an aromatic ring is 1. The van der Waals surface area contributed by atoms with Crippen LogP contribution in [0, 0.1) is 0 Å². The maximum atomic E-state index is 13.3. The third kappa shape index (κ3) is 6.51. The fourth-order valence-corrected chi connectivity index (χ4v) is 3.55. The molecular weight excluding hydrogens is 452 g/mol. The second kappa shape index (κ2) is 12.4. The fourth-order valence-electron chi connectivity index (χ4n) is 3.55. The lowest BCUT2D eigenvalue weighted by atomic mass is 10.2. The number of hydrogen-bond donors (Lipinski definition) is 2. The molecule has 35 heavy (non-hydrogen) atoms. The molecule has 10 nitrogen and oxygen atoms in total. The van der Waals surface area contributed by atoms with Crippen LogP contribution in [0.4, 0.5) is 11.5 Å². The number of aromatic nitrogens is 2. The van der Waals surface area contributed by atoms with Gasteiger partial charge in [0.15, 0.2) is 23.8 Å².